The fraction of sp³-hybridized carbons (Fsp3) is 0.286. The molecule has 1 rings (SSSR count). The predicted octanol–water partition coefficient (Wildman–Crippen LogP) is 0.622. The lowest BCUT2D eigenvalue weighted by atomic mass is 10.2. The van der Waals surface area contributed by atoms with Crippen molar-refractivity contribution >= 4 is 18.0 Å². The number of carboxylic acid groups (broad SMARTS) is 2. The van der Waals surface area contributed by atoms with Crippen molar-refractivity contribution in [2.24, 2.45) is 0 Å². The number of carbonyl (C=O) groups excluding carboxylic acids is 2. The molecule has 0 radical (unpaired) electrons. The number of benzene rings is 1. The summed E-state index contributed by atoms with van der Waals surface area (Å²) >= 11 is 0. The highest BCUT2D eigenvalue weighted by atomic mass is 16.4. The maximum Gasteiger partial charge on any atom is 0.0414 e. The smallest absolute Gasteiger partial charge is 0.0414 e. The van der Waals surface area contributed by atoms with Gasteiger partial charge in [-0.3, -0.25) is 0 Å². The van der Waals surface area contributed by atoms with E-state index in [4.69, 9.17) is 9.90 Å². The largest absolute Gasteiger partial charge is 0.550 e. The number of hydrogen-bond acceptors (Lipinski definition) is 4. The summed E-state index contributed by atoms with van der Waals surface area (Å²) in [5.41, 5.74) is 1.17. The third-order valence-electron chi connectivity index (χ3n) is 1.49. The molecule has 1 aromatic rings. The van der Waals surface area contributed by atoms with E-state index in [2.05, 4.69) is 6.58 Å². The molecule has 0 saturated heterocycles. The normalized spacial score (nSPS) is 7.89. The monoisotopic (exact) mass is 250 g/mol. The van der Waals surface area contributed by atoms with Crippen LogP contribution in [0.15, 0.2) is 36.9 Å². The minimum absolute atomic E-state index is 0.181. The number of aliphatic carboxylic acids is 2. The Balaban J connectivity index is 0. The quantitative estimate of drug-likeness (QED) is 0.787. The molecule has 0 aliphatic carbocycles. The SMILES string of the molecule is C=Cc1ccccc1.CC(=O)[O-].CCCC(=O)[O-]. The van der Waals surface area contributed by atoms with Gasteiger partial charge in [0.2, 0.25) is 0 Å². The van der Waals surface area contributed by atoms with Gasteiger partial charge in [-0.15, -0.1) is 0 Å². The molecule has 0 fully saturated rings. The minimum atomic E-state index is -1.08. The Kier molecular flexibility index (Phi) is 13.2. The molecule has 0 aliphatic heterocycles. The van der Waals surface area contributed by atoms with Crippen molar-refractivity contribution in [1.29, 1.82) is 0 Å². The van der Waals surface area contributed by atoms with Gasteiger partial charge in [-0.1, -0.05) is 56.3 Å². The highest BCUT2D eigenvalue weighted by molar-refractivity contribution is 5.63. The zero-order chi connectivity index (χ0) is 14.4. The van der Waals surface area contributed by atoms with Gasteiger partial charge in [-0.2, -0.15) is 0 Å². The Bertz CT molecular complexity index is 340. The van der Waals surface area contributed by atoms with Crippen molar-refractivity contribution in [3.05, 3.63) is 42.5 Å². The van der Waals surface area contributed by atoms with E-state index >= 15 is 0 Å². The molecule has 0 spiro atoms. The van der Waals surface area contributed by atoms with Crippen LogP contribution < -0.4 is 10.2 Å². The Morgan fingerprint density at radius 3 is 1.83 bits per heavy atom. The van der Waals surface area contributed by atoms with Crippen LogP contribution >= 0.6 is 0 Å². The van der Waals surface area contributed by atoms with Crippen molar-refractivity contribution in [1.82, 2.24) is 0 Å². The summed E-state index contributed by atoms with van der Waals surface area (Å²) < 4.78 is 0. The molecule has 0 unspecified atom stereocenters. The number of carboxylic acids is 2. The van der Waals surface area contributed by atoms with Gasteiger partial charge in [0.05, 0.1) is 0 Å². The summed E-state index contributed by atoms with van der Waals surface area (Å²) in [7, 11) is 0. The van der Waals surface area contributed by atoms with Crippen molar-refractivity contribution in [3.63, 3.8) is 0 Å². The molecular weight excluding hydrogens is 232 g/mol. The van der Waals surface area contributed by atoms with Crippen LogP contribution in [0.4, 0.5) is 0 Å². The second-order valence-corrected chi connectivity index (χ2v) is 3.23. The van der Waals surface area contributed by atoms with E-state index < -0.39 is 11.9 Å². The number of hydrogen-bond donors (Lipinski definition) is 0. The first-order chi connectivity index (χ1) is 8.43. The van der Waals surface area contributed by atoms with Gasteiger partial charge in [0.15, 0.2) is 0 Å². The molecule has 0 N–H and O–H groups in total. The van der Waals surface area contributed by atoms with Crippen LogP contribution in [0.3, 0.4) is 0 Å². The first kappa shape index (κ1) is 18.3. The topological polar surface area (TPSA) is 80.3 Å². The van der Waals surface area contributed by atoms with Gasteiger partial charge in [0.25, 0.3) is 0 Å². The third kappa shape index (κ3) is 19.5. The summed E-state index contributed by atoms with van der Waals surface area (Å²) in [6.45, 7) is 6.40. The molecule has 4 nitrogen and oxygen atoms in total. The molecule has 0 amide bonds. The van der Waals surface area contributed by atoms with E-state index in [1.54, 1.807) is 6.92 Å². The van der Waals surface area contributed by atoms with Crippen LogP contribution in [0.2, 0.25) is 0 Å². The summed E-state index contributed by atoms with van der Waals surface area (Å²) in [4.78, 5) is 18.4. The number of carbonyl (C=O) groups is 2. The average molecular weight is 250 g/mol. The van der Waals surface area contributed by atoms with Crippen molar-refractivity contribution in [2.45, 2.75) is 26.7 Å². The summed E-state index contributed by atoms with van der Waals surface area (Å²) in [5, 5.41) is 18.4. The molecular formula is C14H18O4-2. The van der Waals surface area contributed by atoms with E-state index in [0.29, 0.717) is 6.42 Å². The van der Waals surface area contributed by atoms with Gasteiger partial charge >= 0.3 is 0 Å². The van der Waals surface area contributed by atoms with Gasteiger partial charge in [-0.05, 0) is 18.9 Å². The number of rotatable bonds is 3. The second kappa shape index (κ2) is 13.0. The van der Waals surface area contributed by atoms with E-state index in [0.717, 1.165) is 6.92 Å². The van der Waals surface area contributed by atoms with Crippen LogP contribution in [-0.4, -0.2) is 11.9 Å². The van der Waals surface area contributed by atoms with Crippen LogP contribution in [-0.2, 0) is 9.59 Å². The van der Waals surface area contributed by atoms with E-state index in [-0.39, 0.29) is 6.42 Å². The Morgan fingerprint density at radius 1 is 1.22 bits per heavy atom. The lowest BCUT2D eigenvalue weighted by Gasteiger charge is -1.92. The lowest BCUT2D eigenvalue weighted by molar-refractivity contribution is -0.306. The summed E-state index contributed by atoms with van der Waals surface area (Å²) in [5.74, 6) is -2.04. The molecule has 0 aromatic heterocycles. The third-order valence-corrected chi connectivity index (χ3v) is 1.49. The zero-order valence-corrected chi connectivity index (χ0v) is 10.7. The van der Waals surface area contributed by atoms with Crippen LogP contribution in [0.25, 0.3) is 6.08 Å². The standard InChI is InChI=1S/C8H8.C4H8O2.C2H4O2/c1-2-8-6-4-3-5-7-8;1-2-3-4(5)6;1-2(3)4/h2-7H,1H2;2-3H2,1H3,(H,5,6);1H3,(H,3,4)/p-2. The first-order valence-corrected chi connectivity index (χ1v) is 5.48. The van der Waals surface area contributed by atoms with E-state index in [1.165, 1.54) is 5.56 Å². The van der Waals surface area contributed by atoms with E-state index in [1.807, 2.05) is 36.4 Å². The maximum atomic E-state index is 9.49. The molecule has 0 saturated carbocycles. The summed E-state index contributed by atoms with van der Waals surface area (Å²) in [6.07, 6.45) is 2.68. The zero-order valence-electron chi connectivity index (χ0n) is 10.7. The Morgan fingerprint density at radius 2 is 1.67 bits per heavy atom. The van der Waals surface area contributed by atoms with Crippen molar-refractivity contribution in [3.8, 4) is 0 Å². The molecule has 0 bridgehead atoms. The molecule has 0 aliphatic rings. The Hall–Kier alpha value is -2.10. The van der Waals surface area contributed by atoms with Gasteiger partial charge in [0.1, 0.15) is 0 Å². The highest BCUT2D eigenvalue weighted by Crippen LogP contribution is 1.97. The van der Waals surface area contributed by atoms with Crippen molar-refractivity contribution < 1.29 is 19.8 Å². The molecule has 0 atom stereocenters. The molecule has 100 valence electrons. The average Bonchev–Trinajstić information content (AvgIpc) is 2.30. The van der Waals surface area contributed by atoms with Crippen molar-refractivity contribution in [2.75, 3.05) is 0 Å². The predicted molar refractivity (Wildman–Crippen MR) is 67.1 cm³/mol. The Labute approximate surface area is 108 Å². The van der Waals surface area contributed by atoms with Gasteiger partial charge in [-0.25, -0.2) is 0 Å². The minimum Gasteiger partial charge on any atom is -0.550 e. The molecule has 18 heavy (non-hydrogen) atoms. The molecule has 4 heteroatoms. The molecule has 0 heterocycles. The van der Waals surface area contributed by atoms with Crippen LogP contribution in [0.5, 0.6) is 0 Å². The lowest BCUT2D eigenvalue weighted by Crippen LogP contribution is -2.20. The first-order valence-electron chi connectivity index (χ1n) is 5.48. The fourth-order valence-electron chi connectivity index (χ4n) is 0.793. The van der Waals surface area contributed by atoms with E-state index in [9.17, 15) is 9.90 Å². The summed E-state index contributed by atoms with van der Waals surface area (Å²) in [6, 6.07) is 10.0. The fourth-order valence-corrected chi connectivity index (χ4v) is 0.793. The van der Waals surface area contributed by atoms with Crippen LogP contribution in [0.1, 0.15) is 32.3 Å². The van der Waals surface area contributed by atoms with Gasteiger partial charge in [0, 0.05) is 11.9 Å². The second-order valence-electron chi connectivity index (χ2n) is 3.23. The van der Waals surface area contributed by atoms with Gasteiger partial charge < -0.3 is 19.8 Å². The van der Waals surface area contributed by atoms with Crippen LogP contribution in [0, 0.1) is 0 Å². The maximum absolute atomic E-state index is 9.49. The molecule has 1 aromatic carbocycles. The highest BCUT2D eigenvalue weighted by Gasteiger charge is 1.76.